The van der Waals surface area contributed by atoms with Gasteiger partial charge in [0.15, 0.2) is 0 Å². The van der Waals surface area contributed by atoms with Crippen LogP contribution in [0.15, 0.2) is 30.5 Å². The molecule has 1 aliphatic rings. The predicted octanol–water partition coefficient (Wildman–Crippen LogP) is 2.55. The highest BCUT2D eigenvalue weighted by molar-refractivity contribution is 5.74. The van der Waals surface area contributed by atoms with Crippen LogP contribution in [0.4, 0.5) is 4.39 Å². The van der Waals surface area contributed by atoms with Crippen molar-refractivity contribution in [3.05, 3.63) is 47.4 Å². The van der Waals surface area contributed by atoms with E-state index < -0.39 is 0 Å². The van der Waals surface area contributed by atoms with Gasteiger partial charge in [-0.1, -0.05) is 6.07 Å². The molecule has 2 aromatic rings. The maximum atomic E-state index is 13.3. The molecule has 17 heavy (non-hydrogen) atoms. The summed E-state index contributed by atoms with van der Waals surface area (Å²) in [6, 6.07) is 7.24. The highest BCUT2D eigenvalue weighted by Crippen LogP contribution is 2.37. The summed E-state index contributed by atoms with van der Waals surface area (Å²) in [5, 5.41) is 0. The fourth-order valence-corrected chi connectivity index (χ4v) is 2.58. The van der Waals surface area contributed by atoms with Crippen molar-refractivity contribution >= 4 is 0 Å². The third-order valence-electron chi connectivity index (χ3n) is 3.24. The van der Waals surface area contributed by atoms with Crippen molar-refractivity contribution in [1.82, 2.24) is 4.57 Å². The Morgan fingerprint density at radius 1 is 1.35 bits per heavy atom. The summed E-state index contributed by atoms with van der Waals surface area (Å²) in [6.07, 6.45) is 2.94. The fourth-order valence-electron chi connectivity index (χ4n) is 2.58. The van der Waals surface area contributed by atoms with E-state index in [1.165, 1.54) is 17.2 Å². The summed E-state index contributed by atoms with van der Waals surface area (Å²) >= 11 is 0. The summed E-state index contributed by atoms with van der Waals surface area (Å²) in [7, 11) is 0. The lowest BCUT2D eigenvalue weighted by Crippen LogP contribution is -2.22. The number of benzene rings is 1. The van der Waals surface area contributed by atoms with Crippen LogP contribution >= 0.6 is 0 Å². The van der Waals surface area contributed by atoms with Gasteiger partial charge in [-0.2, -0.15) is 0 Å². The Labute approximate surface area is 99.9 Å². The zero-order valence-electron chi connectivity index (χ0n) is 9.78. The minimum Gasteiger partial charge on any atom is -0.346 e. The van der Waals surface area contributed by atoms with Gasteiger partial charge in [-0.25, -0.2) is 4.39 Å². The predicted molar refractivity (Wildman–Crippen MR) is 66.3 cm³/mol. The summed E-state index contributed by atoms with van der Waals surface area (Å²) in [5.41, 5.74) is 10.5. The Kier molecular flexibility index (Phi) is 2.30. The molecule has 2 nitrogen and oxygen atoms in total. The number of aromatic nitrogens is 1. The lowest BCUT2D eigenvalue weighted by molar-refractivity contribution is 0.596. The van der Waals surface area contributed by atoms with E-state index in [2.05, 4.69) is 10.6 Å². The Morgan fingerprint density at radius 3 is 2.94 bits per heavy atom. The van der Waals surface area contributed by atoms with E-state index in [1.807, 2.05) is 19.2 Å². The summed E-state index contributed by atoms with van der Waals surface area (Å²) in [4.78, 5) is 0. The molecule has 1 heterocycles. The van der Waals surface area contributed by atoms with Crippen molar-refractivity contribution in [3.63, 3.8) is 0 Å². The minimum absolute atomic E-state index is 0.101. The van der Waals surface area contributed by atoms with Gasteiger partial charge in [0.25, 0.3) is 0 Å². The van der Waals surface area contributed by atoms with Crippen LogP contribution in [-0.2, 0) is 13.0 Å². The van der Waals surface area contributed by atoms with Gasteiger partial charge in [-0.05, 0) is 36.2 Å². The second kappa shape index (κ2) is 3.70. The lowest BCUT2D eigenvalue weighted by Gasteiger charge is -2.11. The monoisotopic (exact) mass is 230 g/mol. The molecular weight excluding hydrogens is 215 g/mol. The van der Waals surface area contributed by atoms with Crippen LogP contribution in [0.5, 0.6) is 0 Å². The molecule has 0 spiro atoms. The molecule has 3 rings (SSSR count). The second-order valence-corrected chi connectivity index (χ2v) is 4.80. The largest absolute Gasteiger partial charge is 0.346 e. The molecule has 0 saturated carbocycles. The number of rotatable bonds is 2. The molecule has 1 aliphatic carbocycles. The van der Waals surface area contributed by atoms with E-state index in [0.29, 0.717) is 0 Å². The maximum absolute atomic E-state index is 13.3. The van der Waals surface area contributed by atoms with Crippen LogP contribution in [0, 0.1) is 5.82 Å². The molecule has 3 heteroatoms. The molecule has 88 valence electrons. The van der Waals surface area contributed by atoms with Gasteiger partial charge in [0.1, 0.15) is 5.82 Å². The van der Waals surface area contributed by atoms with Crippen LogP contribution in [-0.4, -0.2) is 10.6 Å². The van der Waals surface area contributed by atoms with Crippen LogP contribution < -0.4 is 5.73 Å². The number of hydrogen-bond acceptors (Lipinski definition) is 1. The molecule has 1 aromatic heterocycles. The number of nitrogens with zero attached hydrogens (tertiary/aromatic N) is 1. The highest BCUT2D eigenvalue weighted by Gasteiger charge is 2.22. The van der Waals surface area contributed by atoms with Crippen LogP contribution in [0.25, 0.3) is 11.3 Å². The minimum atomic E-state index is -0.176. The molecule has 0 unspecified atom stereocenters. The number of halogens is 1. The van der Waals surface area contributed by atoms with Gasteiger partial charge in [0, 0.05) is 30.8 Å². The molecule has 1 aromatic carbocycles. The number of nitrogens with two attached hydrogens (primary N) is 1. The molecule has 0 fully saturated rings. The molecule has 0 radical (unpaired) electrons. The van der Waals surface area contributed by atoms with Gasteiger partial charge >= 0.3 is 0 Å². The van der Waals surface area contributed by atoms with E-state index in [4.69, 9.17) is 5.73 Å². The van der Waals surface area contributed by atoms with Crippen molar-refractivity contribution in [3.8, 4) is 11.3 Å². The topological polar surface area (TPSA) is 30.9 Å². The zero-order chi connectivity index (χ0) is 12.0. The molecule has 0 bridgehead atoms. The van der Waals surface area contributed by atoms with Gasteiger partial charge in [-0.3, -0.25) is 0 Å². The smallest absolute Gasteiger partial charge is 0.123 e. The van der Waals surface area contributed by atoms with Gasteiger partial charge in [0.2, 0.25) is 0 Å². The quantitative estimate of drug-likeness (QED) is 0.720. The Bertz CT molecular complexity index is 570. The van der Waals surface area contributed by atoms with Gasteiger partial charge in [0.05, 0.1) is 5.69 Å². The summed E-state index contributed by atoms with van der Waals surface area (Å²) in [5.74, 6) is -0.176. The molecule has 1 atom stereocenters. The Hall–Kier alpha value is -1.61. The van der Waals surface area contributed by atoms with E-state index in [0.717, 1.165) is 24.2 Å². The third kappa shape index (κ3) is 1.67. The summed E-state index contributed by atoms with van der Waals surface area (Å²) < 4.78 is 15.5. The normalized spacial score (nSPS) is 14.5. The lowest BCUT2D eigenvalue weighted by atomic mass is 10.1. The van der Waals surface area contributed by atoms with Crippen molar-refractivity contribution in [2.75, 3.05) is 0 Å². The first-order valence-corrected chi connectivity index (χ1v) is 5.87. The van der Waals surface area contributed by atoms with Crippen LogP contribution in [0.3, 0.4) is 0 Å². The van der Waals surface area contributed by atoms with Gasteiger partial charge in [-0.15, -0.1) is 0 Å². The average molecular weight is 230 g/mol. The fraction of sp³-hybridized carbons (Fsp3) is 0.286. The zero-order valence-corrected chi connectivity index (χ0v) is 9.78. The molecule has 0 amide bonds. The molecule has 2 N–H and O–H groups in total. The molecule has 0 saturated heterocycles. The number of fused-ring (bicyclic) bond motifs is 3. The standard InChI is InChI=1S/C14H15FN2/c1-9(16)8-17-5-4-11-6-10-2-3-12(15)7-13(10)14(11)17/h2-5,7,9H,6,8,16H2,1H3/t9-/m1/s1. The third-order valence-corrected chi connectivity index (χ3v) is 3.24. The van der Waals surface area contributed by atoms with Crippen molar-refractivity contribution in [2.24, 2.45) is 5.73 Å². The Balaban J connectivity index is 2.12. The highest BCUT2D eigenvalue weighted by atomic mass is 19.1. The van der Waals surface area contributed by atoms with E-state index >= 15 is 0 Å². The maximum Gasteiger partial charge on any atom is 0.123 e. The van der Waals surface area contributed by atoms with E-state index in [-0.39, 0.29) is 11.9 Å². The van der Waals surface area contributed by atoms with Crippen molar-refractivity contribution < 1.29 is 4.39 Å². The molecule has 0 aliphatic heterocycles. The second-order valence-electron chi connectivity index (χ2n) is 4.80. The Morgan fingerprint density at radius 2 is 2.18 bits per heavy atom. The number of hydrogen-bond donors (Lipinski definition) is 1. The molecular formula is C14H15FN2. The first kappa shape index (κ1) is 10.5. The van der Waals surface area contributed by atoms with Crippen LogP contribution in [0.2, 0.25) is 0 Å². The SMILES string of the molecule is C[C@@H](N)Cn1ccc2c1-c1cc(F)ccc1C2. The van der Waals surface area contributed by atoms with Gasteiger partial charge < -0.3 is 10.3 Å². The first-order chi connectivity index (χ1) is 8.15. The van der Waals surface area contributed by atoms with E-state index in [1.54, 1.807) is 6.07 Å². The summed E-state index contributed by atoms with van der Waals surface area (Å²) in [6.45, 7) is 2.75. The first-order valence-electron chi connectivity index (χ1n) is 5.87. The van der Waals surface area contributed by atoms with E-state index in [9.17, 15) is 4.39 Å². The average Bonchev–Trinajstić information content (AvgIpc) is 2.78. The van der Waals surface area contributed by atoms with Crippen molar-refractivity contribution in [1.29, 1.82) is 0 Å². The van der Waals surface area contributed by atoms with Crippen molar-refractivity contribution in [2.45, 2.75) is 25.9 Å². The van der Waals surface area contributed by atoms with Crippen LogP contribution in [0.1, 0.15) is 18.1 Å².